The number of aromatic nitrogens is 3. The van der Waals surface area contributed by atoms with Crippen LogP contribution < -0.4 is 10.6 Å². The highest BCUT2D eigenvalue weighted by molar-refractivity contribution is 6.31. The average molecular weight is 346 g/mol. The highest BCUT2D eigenvalue weighted by Gasteiger charge is 2.04. The third-order valence-electron chi connectivity index (χ3n) is 3.11. The summed E-state index contributed by atoms with van der Waals surface area (Å²) in [7, 11) is 0. The van der Waals surface area contributed by atoms with Crippen molar-refractivity contribution in [3.63, 3.8) is 0 Å². The Labute approximate surface area is 143 Å². The van der Waals surface area contributed by atoms with E-state index in [1.165, 1.54) is 0 Å². The summed E-state index contributed by atoms with van der Waals surface area (Å²) in [6.07, 6.45) is 1.56. The molecule has 23 heavy (non-hydrogen) atoms. The van der Waals surface area contributed by atoms with Gasteiger partial charge in [-0.15, -0.1) is 5.10 Å². The van der Waals surface area contributed by atoms with Crippen molar-refractivity contribution in [2.75, 3.05) is 10.6 Å². The third-order valence-corrected chi connectivity index (χ3v) is 3.60. The molecule has 5 nitrogen and oxygen atoms in total. The molecule has 3 rings (SSSR count). The summed E-state index contributed by atoms with van der Waals surface area (Å²) >= 11 is 11.8. The van der Waals surface area contributed by atoms with Crippen LogP contribution in [0.5, 0.6) is 0 Å². The van der Waals surface area contributed by atoms with Crippen molar-refractivity contribution >= 4 is 46.3 Å². The van der Waals surface area contributed by atoms with E-state index < -0.39 is 0 Å². The lowest BCUT2D eigenvalue weighted by molar-refractivity contribution is 0.982. The largest absolute Gasteiger partial charge is 0.339 e. The second kappa shape index (κ2) is 6.81. The van der Waals surface area contributed by atoms with Gasteiger partial charge in [0, 0.05) is 21.4 Å². The summed E-state index contributed by atoms with van der Waals surface area (Å²) in [5.41, 5.74) is 2.76. The Kier molecular flexibility index (Phi) is 4.60. The molecular formula is C16H13Cl2N5. The normalized spacial score (nSPS) is 10.4. The number of benzene rings is 2. The maximum Gasteiger partial charge on any atom is 0.249 e. The van der Waals surface area contributed by atoms with Gasteiger partial charge in [0.05, 0.1) is 6.20 Å². The minimum atomic E-state index is 0.393. The molecule has 0 saturated heterocycles. The second-order valence-electron chi connectivity index (χ2n) is 4.88. The van der Waals surface area contributed by atoms with Gasteiger partial charge >= 0.3 is 0 Å². The van der Waals surface area contributed by atoms with Crippen molar-refractivity contribution in [1.82, 2.24) is 15.2 Å². The highest BCUT2D eigenvalue weighted by atomic mass is 35.5. The second-order valence-corrected chi connectivity index (χ2v) is 5.75. The topological polar surface area (TPSA) is 62.7 Å². The molecule has 3 aromatic rings. The summed E-state index contributed by atoms with van der Waals surface area (Å²) in [6, 6.07) is 12.9. The molecule has 0 radical (unpaired) electrons. The van der Waals surface area contributed by atoms with Crippen LogP contribution in [0.2, 0.25) is 10.0 Å². The van der Waals surface area contributed by atoms with Gasteiger partial charge in [-0.25, -0.2) is 0 Å². The van der Waals surface area contributed by atoms with Crippen LogP contribution in [-0.2, 0) is 0 Å². The van der Waals surface area contributed by atoms with Gasteiger partial charge in [-0.3, -0.25) is 0 Å². The first kappa shape index (κ1) is 15.5. The molecule has 7 heteroatoms. The maximum absolute atomic E-state index is 5.96. The van der Waals surface area contributed by atoms with Crippen molar-refractivity contribution in [2.45, 2.75) is 6.92 Å². The van der Waals surface area contributed by atoms with Crippen molar-refractivity contribution in [1.29, 1.82) is 0 Å². The minimum Gasteiger partial charge on any atom is -0.339 e. The summed E-state index contributed by atoms with van der Waals surface area (Å²) in [5.74, 6) is 0.978. The van der Waals surface area contributed by atoms with Crippen LogP contribution in [0.3, 0.4) is 0 Å². The number of halogens is 2. The molecule has 0 amide bonds. The molecule has 0 saturated carbocycles. The van der Waals surface area contributed by atoms with Gasteiger partial charge in [0.1, 0.15) is 0 Å². The van der Waals surface area contributed by atoms with Crippen LogP contribution in [-0.4, -0.2) is 15.2 Å². The SMILES string of the molecule is Cc1cc(Cl)ccc1Nc1cnnc(Nc2ccc(Cl)cc2)n1. The first-order valence-corrected chi connectivity index (χ1v) is 7.61. The van der Waals surface area contributed by atoms with Crippen LogP contribution in [0.25, 0.3) is 0 Å². The molecule has 2 N–H and O–H groups in total. The molecule has 0 spiro atoms. The van der Waals surface area contributed by atoms with E-state index in [2.05, 4.69) is 25.8 Å². The molecule has 0 aliphatic carbocycles. The van der Waals surface area contributed by atoms with E-state index in [9.17, 15) is 0 Å². The van der Waals surface area contributed by atoms with Gasteiger partial charge < -0.3 is 10.6 Å². The summed E-state index contributed by atoms with van der Waals surface area (Å²) in [5, 5.41) is 15.6. The number of hydrogen-bond acceptors (Lipinski definition) is 5. The molecule has 0 atom stereocenters. The van der Waals surface area contributed by atoms with E-state index in [1.807, 2.05) is 37.3 Å². The molecule has 1 heterocycles. The molecule has 0 aliphatic rings. The highest BCUT2D eigenvalue weighted by Crippen LogP contribution is 2.23. The number of aryl methyl sites for hydroxylation is 1. The summed E-state index contributed by atoms with van der Waals surface area (Å²) < 4.78 is 0. The molecule has 0 unspecified atom stereocenters. The van der Waals surface area contributed by atoms with Gasteiger partial charge in [0.15, 0.2) is 5.82 Å². The molecule has 116 valence electrons. The lowest BCUT2D eigenvalue weighted by atomic mass is 10.2. The predicted molar refractivity (Wildman–Crippen MR) is 94.0 cm³/mol. The fraction of sp³-hybridized carbons (Fsp3) is 0.0625. The zero-order chi connectivity index (χ0) is 16.2. The molecule has 2 aromatic carbocycles. The van der Waals surface area contributed by atoms with Crippen LogP contribution in [0, 0.1) is 6.92 Å². The van der Waals surface area contributed by atoms with E-state index in [-0.39, 0.29) is 0 Å². The number of hydrogen-bond donors (Lipinski definition) is 2. The lowest BCUT2D eigenvalue weighted by Crippen LogP contribution is -2.03. The summed E-state index contributed by atoms with van der Waals surface area (Å²) in [4.78, 5) is 4.39. The van der Waals surface area contributed by atoms with E-state index in [0.29, 0.717) is 21.8 Å². The molecule has 1 aromatic heterocycles. The van der Waals surface area contributed by atoms with Crippen molar-refractivity contribution in [3.8, 4) is 0 Å². The molecule has 0 aliphatic heterocycles. The van der Waals surface area contributed by atoms with E-state index in [4.69, 9.17) is 23.2 Å². The minimum absolute atomic E-state index is 0.393. The third kappa shape index (κ3) is 4.09. The van der Waals surface area contributed by atoms with Crippen molar-refractivity contribution in [3.05, 3.63) is 64.3 Å². The Morgan fingerprint density at radius 3 is 2.39 bits per heavy atom. The fourth-order valence-electron chi connectivity index (χ4n) is 1.98. The van der Waals surface area contributed by atoms with E-state index in [1.54, 1.807) is 18.3 Å². The molecule has 0 bridgehead atoms. The number of nitrogens with one attached hydrogen (secondary N) is 2. The van der Waals surface area contributed by atoms with Crippen molar-refractivity contribution in [2.24, 2.45) is 0 Å². The Bertz CT molecular complexity index is 821. The Morgan fingerprint density at radius 2 is 1.65 bits per heavy atom. The zero-order valence-electron chi connectivity index (χ0n) is 12.2. The maximum atomic E-state index is 5.96. The number of rotatable bonds is 4. The van der Waals surface area contributed by atoms with Gasteiger partial charge in [-0.05, 0) is 55.0 Å². The van der Waals surface area contributed by atoms with Crippen LogP contribution in [0.15, 0.2) is 48.7 Å². The van der Waals surface area contributed by atoms with Gasteiger partial charge in [-0.1, -0.05) is 23.2 Å². The molecule has 0 fully saturated rings. The Hall–Kier alpha value is -2.37. The van der Waals surface area contributed by atoms with Gasteiger partial charge in [0.25, 0.3) is 0 Å². The quantitative estimate of drug-likeness (QED) is 0.698. The molecular weight excluding hydrogens is 333 g/mol. The van der Waals surface area contributed by atoms with Gasteiger partial charge in [-0.2, -0.15) is 10.1 Å². The Balaban J connectivity index is 1.78. The number of nitrogens with zero attached hydrogens (tertiary/aromatic N) is 3. The first-order valence-electron chi connectivity index (χ1n) is 6.86. The smallest absolute Gasteiger partial charge is 0.249 e. The zero-order valence-corrected chi connectivity index (χ0v) is 13.7. The standard InChI is InChI=1S/C16H13Cl2N5/c1-10-8-12(18)4-7-14(10)21-15-9-19-23-16(22-15)20-13-5-2-11(17)3-6-13/h2-9H,1H3,(H2,20,21,22,23). The summed E-state index contributed by atoms with van der Waals surface area (Å²) in [6.45, 7) is 1.97. The van der Waals surface area contributed by atoms with Crippen molar-refractivity contribution < 1.29 is 0 Å². The number of anilines is 4. The Morgan fingerprint density at radius 1 is 0.913 bits per heavy atom. The monoisotopic (exact) mass is 345 g/mol. The van der Waals surface area contributed by atoms with E-state index in [0.717, 1.165) is 16.9 Å². The predicted octanol–water partition coefficient (Wildman–Crippen LogP) is 4.97. The van der Waals surface area contributed by atoms with E-state index >= 15 is 0 Å². The van der Waals surface area contributed by atoms with Gasteiger partial charge in [0.2, 0.25) is 5.95 Å². The van der Waals surface area contributed by atoms with Crippen LogP contribution in [0.4, 0.5) is 23.1 Å². The van der Waals surface area contributed by atoms with Crippen LogP contribution >= 0.6 is 23.2 Å². The first-order chi connectivity index (χ1) is 11.1. The van der Waals surface area contributed by atoms with Crippen LogP contribution in [0.1, 0.15) is 5.56 Å². The fourth-order valence-corrected chi connectivity index (χ4v) is 2.34. The average Bonchev–Trinajstić information content (AvgIpc) is 2.53. The lowest BCUT2D eigenvalue weighted by Gasteiger charge is -2.10.